The first-order valence-electron chi connectivity index (χ1n) is 24.9. The van der Waals surface area contributed by atoms with Crippen molar-refractivity contribution < 1.29 is 70.5 Å². The number of anilines is 1. The van der Waals surface area contributed by atoms with Crippen molar-refractivity contribution in [3.05, 3.63) is 12.7 Å². The third-order valence-corrected chi connectivity index (χ3v) is 21.4. The number of Topliss-reactive ketones (excluding diaryl/α,β-unsaturated/α-hetero) is 1. The number of fused-ring (bicyclic) bond motifs is 1. The van der Waals surface area contributed by atoms with Crippen LogP contribution in [0.5, 0.6) is 0 Å². The molecule has 0 aliphatic carbocycles. The zero-order chi connectivity index (χ0) is 51.3. The molecule has 0 amide bonds. The van der Waals surface area contributed by atoms with E-state index in [9.17, 15) is 4.79 Å². The molecule has 0 radical (unpaired) electrons. The minimum Gasteiger partial charge on any atom is -0.414 e. The van der Waals surface area contributed by atoms with Gasteiger partial charge < -0.3 is 77.2 Å². The first kappa shape index (κ1) is 62.2. The molecular weight excluding hydrogens is 945 g/mol. The van der Waals surface area contributed by atoms with Gasteiger partial charge in [0.15, 0.2) is 40.1 Å². The van der Waals surface area contributed by atoms with Gasteiger partial charge in [-0.15, -0.1) is 0 Å². The summed E-state index contributed by atoms with van der Waals surface area (Å²) < 4.78 is 84.1. The molecule has 4 atom stereocenters. The van der Waals surface area contributed by atoms with Crippen LogP contribution < -0.4 is 11.5 Å². The Morgan fingerprint density at radius 1 is 0.614 bits per heavy atom. The SMILES string of the molecule is CC(C)(C)[Si](C)(C)OC[C@H]1O[C@@H](n2cnc3c(N)ncnc32)[C@H](OCC(=O)CCCOCCOCCOCCOCCOCCOCCOCCOCCOCCOCCN)[C@@H]1O[Si](C)(C)C(C)(C)C. The first-order valence-corrected chi connectivity index (χ1v) is 30.7. The lowest BCUT2D eigenvalue weighted by molar-refractivity contribution is -0.130. The number of carbonyl (C=O) groups excluding carboxylic acids is 1. The Labute approximate surface area is 419 Å². The summed E-state index contributed by atoms with van der Waals surface area (Å²) in [6.45, 7) is 32.3. The van der Waals surface area contributed by atoms with Crippen molar-refractivity contribution in [1.82, 2.24) is 19.5 Å². The quantitative estimate of drug-likeness (QED) is 0.0683. The molecule has 1 saturated heterocycles. The topological polar surface area (TPSA) is 242 Å². The van der Waals surface area contributed by atoms with Crippen molar-refractivity contribution in [2.45, 2.75) is 115 Å². The maximum absolute atomic E-state index is 13.3. The fourth-order valence-corrected chi connectivity index (χ4v) is 8.60. The number of carbonyl (C=O) groups is 1. The van der Waals surface area contributed by atoms with Gasteiger partial charge in [-0.05, 0) is 42.7 Å². The fourth-order valence-electron chi connectivity index (χ4n) is 6.26. The van der Waals surface area contributed by atoms with Crippen molar-refractivity contribution in [2.75, 3.05) is 158 Å². The lowest BCUT2D eigenvalue weighted by atomic mass is 10.1. The van der Waals surface area contributed by atoms with Crippen LogP contribution in [0.2, 0.25) is 36.3 Å². The van der Waals surface area contributed by atoms with Gasteiger partial charge in [-0.1, -0.05) is 41.5 Å². The molecule has 3 rings (SSSR count). The average Bonchev–Trinajstić information content (AvgIpc) is 3.88. The smallest absolute Gasteiger partial charge is 0.192 e. The van der Waals surface area contributed by atoms with E-state index in [0.717, 1.165) is 0 Å². The molecule has 3 heterocycles. The number of nitrogens with two attached hydrogens (primary N) is 2. The molecule has 70 heavy (non-hydrogen) atoms. The summed E-state index contributed by atoms with van der Waals surface area (Å²) in [7, 11) is -4.55. The minimum atomic E-state index is -2.38. The molecule has 0 saturated carbocycles. The zero-order valence-corrected chi connectivity index (χ0v) is 46.2. The van der Waals surface area contributed by atoms with E-state index in [1.807, 2.05) is 0 Å². The van der Waals surface area contributed by atoms with Gasteiger partial charge in [0.2, 0.25) is 0 Å². The molecule has 23 heteroatoms. The second-order valence-corrected chi connectivity index (χ2v) is 29.5. The van der Waals surface area contributed by atoms with Crippen molar-refractivity contribution in [1.29, 1.82) is 0 Å². The number of imidazole rings is 1. The van der Waals surface area contributed by atoms with Crippen LogP contribution in [0.3, 0.4) is 0 Å². The van der Waals surface area contributed by atoms with E-state index in [1.54, 1.807) is 10.9 Å². The second kappa shape index (κ2) is 33.6. The van der Waals surface area contributed by atoms with Gasteiger partial charge in [0, 0.05) is 19.6 Å². The van der Waals surface area contributed by atoms with Crippen LogP contribution in [0.4, 0.5) is 5.82 Å². The van der Waals surface area contributed by atoms with Crippen LogP contribution in [-0.4, -0.2) is 212 Å². The number of ketones is 1. The van der Waals surface area contributed by atoms with Gasteiger partial charge in [-0.25, -0.2) is 15.0 Å². The number of nitrogen functional groups attached to an aromatic ring is 1. The molecule has 406 valence electrons. The minimum absolute atomic E-state index is 0.00869. The molecule has 1 aliphatic heterocycles. The molecule has 0 unspecified atom stereocenters. The van der Waals surface area contributed by atoms with Gasteiger partial charge in [0.05, 0.1) is 138 Å². The van der Waals surface area contributed by atoms with E-state index < -0.39 is 41.2 Å². The van der Waals surface area contributed by atoms with Crippen LogP contribution in [0.1, 0.15) is 60.6 Å². The van der Waals surface area contributed by atoms with Crippen LogP contribution in [0.15, 0.2) is 12.7 Å². The highest BCUT2D eigenvalue weighted by Crippen LogP contribution is 2.44. The summed E-state index contributed by atoms with van der Waals surface area (Å²) in [5.74, 6) is 0.208. The fraction of sp³-hybridized carbons (Fsp3) is 0.872. The van der Waals surface area contributed by atoms with Gasteiger partial charge in [0.25, 0.3) is 0 Å². The lowest BCUT2D eigenvalue weighted by Gasteiger charge is -2.41. The molecule has 0 spiro atoms. The van der Waals surface area contributed by atoms with Crippen LogP contribution in [-0.2, 0) is 70.5 Å². The number of aromatic nitrogens is 4. The average molecular weight is 1040 g/mol. The number of rotatable bonds is 42. The monoisotopic (exact) mass is 1030 g/mol. The molecular formula is C47H90N6O15Si2. The summed E-state index contributed by atoms with van der Waals surface area (Å²) in [6, 6.07) is 0. The molecule has 0 bridgehead atoms. The Bertz CT molecular complexity index is 1690. The molecule has 1 aliphatic rings. The summed E-state index contributed by atoms with van der Waals surface area (Å²) in [5.41, 5.74) is 12.5. The van der Waals surface area contributed by atoms with Crippen molar-refractivity contribution in [3.8, 4) is 0 Å². The molecule has 2 aromatic rings. The Hall–Kier alpha value is -2.15. The molecule has 1 fully saturated rings. The largest absolute Gasteiger partial charge is 0.414 e. The van der Waals surface area contributed by atoms with E-state index in [2.05, 4.69) is 82.7 Å². The van der Waals surface area contributed by atoms with Crippen LogP contribution in [0.25, 0.3) is 11.2 Å². The summed E-state index contributed by atoms with van der Waals surface area (Å²) >= 11 is 0. The van der Waals surface area contributed by atoms with Crippen molar-refractivity contribution in [2.24, 2.45) is 5.73 Å². The van der Waals surface area contributed by atoms with E-state index in [-0.39, 0.29) is 28.3 Å². The van der Waals surface area contributed by atoms with E-state index >= 15 is 0 Å². The highest BCUT2D eigenvalue weighted by atomic mass is 28.4. The zero-order valence-electron chi connectivity index (χ0n) is 44.2. The standard InChI is InChI=1S/C47H90N6O15Si2/c1-46(2,3)69(7,8)66-35-39-41(68-70(9,10)47(4,5)6)42(45(67-39)53-37-52-40-43(49)50-36-51-44(40)53)65-34-38(54)12-11-14-55-16-18-57-20-22-59-24-26-61-28-30-63-32-33-64-31-29-62-27-25-60-23-21-58-19-17-56-15-13-48/h36-37,39,41-42,45H,11-35,48H2,1-10H3,(H2,49,50,51)/t39-,41-,42-,45-/m1/s1. The van der Waals surface area contributed by atoms with Crippen molar-refractivity contribution in [3.63, 3.8) is 0 Å². The Morgan fingerprint density at radius 2 is 1.04 bits per heavy atom. The summed E-state index contributed by atoms with van der Waals surface area (Å²) in [6.07, 6.45) is 1.46. The van der Waals surface area contributed by atoms with Gasteiger partial charge >= 0.3 is 0 Å². The van der Waals surface area contributed by atoms with Gasteiger partial charge in [-0.3, -0.25) is 9.36 Å². The van der Waals surface area contributed by atoms with E-state index in [0.29, 0.717) is 169 Å². The second-order valence-electron chi connectivity index (χ2n) is 19.9. The Morgan fingerprint density at radius 3 is 1.47 bits per heavy atom. The third kappa shape index (κ3) is 23.4. The molecule has 2 aromatic heterocycles. The van der Waals surface area contributed by atoms with E-state index in [4.69, 9.17) is 77.2 Å². The third-order valence-electron chi connectivity index (χ3n) is 12.4. The highest BCUT2D eigenvalue weighted by Gasteiger charge is 2.53. The molecule has 4 N–H and O–H groups in total. The number of ether oxygens (including phenoxy) is 12. The Kier molecular flexibility index (Phi) is 29.9. The number of nitrogens with zero attached hydrogens (tertiary/aromatic N) is 4. The summed E-state index contributed by atoms with van der Waals surface area (Å²) in [4.78, 5) is 26.4. The van der Waals surface area contributed by atoms with Crippen LogP contribution in [0, 0.1) is 0 Å². The predicted molar refractivity (Wildman–Crippen MR) is 270 cm³/mol. The highest BCUT2D eigenvalue weighted by molar-refractivity contribution is 6.74. The number of hydrogen-bond acceptors (Lipinski definition) is 20. The lowest BCUT2D eigenvalue weighted by Crippen LogP contribution is -2.51. The molecule has 0 aromatic carbocycles. The van der Waals surface area contributed by atoms with Crippen molar-refractivity contribution >= 4 is 39.4 Å². The number of hydrogen-bond donors (Lipinski definition) is 2. The predicted octanol–water partition coefficient (Wildman–Crippen LogP) is 4.58. The maximum atomic E-state index is 13.3. The summed E-state index contributed by atoms with van der Waals surface area (Å²) in [5, 5.41) is -0.108. The van der Waals surface area contributed by atoms with Gasteiger partial charge in [-0.2, -0.15) is 0 Å². The maximum Gasteiger partial charge on any atom is 0.192 e. The first-order chi connectivity index (χ1) is 33.4. The van der Waals surface area contributed by atoms with E-state index in [1.165, 1.54) is 6.33 Å². The van der Waals surface area contributed by atoms with Gasteiger partial charge in [0.1, 0.15) is 36.8 Å². The molecule has 21 nitrogen and oxygen atoms in total. The normalized spacial score (nSPS) is 18.2. The van der Waals surface area contributed by atoms with Crippen LogP contribution >= 0.6 is 0 Å². The Balaban J connectivity index is 1.25.